The predicted octanol–water partition coefficient (Wildman–Crippen LogP) is 3.07. The fourth-order valence-electron chi connectivity index (χ4n) is 2.31. The number of aliphatic carboxylic acids is 1. The summed E-state index contributed by atoms with van der Waals surface area (Å²) < 4.78 is 0.930. The van der Waals surface area contributed by atoms with E-state index in [4.69, 9.17) is 5.11 Å². The molecule has 2 aromatic rings. The molecule has 3 rings (SSSR count). The number of nitrogens with zero attached hydrogens (tertiary/aromatic N) is 2. The Labute approximate surface area is 135 Å². The maximum atomic E-state index is 10.8. The van der Waals surface area contributed by atoms with Crippen LogP contribution in [0.3, 0.4) is 0 Å². The number of aliphatic imine (C=N–C) groups is 1. The lowest BCUT2D eigenvalue weighted by atomic mass is 10.1. The van der Waals surface area contributed by atoms with Gasteiger partial charge in [0.2, 0.25) is 0 Å². The van der Waals surface area contributed by atoms with Crippen molar-refractivity contribution in [3.63, 3.8) is 0 Å². The van der Waals surface area contributed by atoms with Gasteiger partial charge < -0.3 is 10.2 Å². The summed E-state index contributed by atoms with van der Waals surface area (Å²) in [6.45, 7) is 3.72. The number of hydrogen-bond donors (Lipinski definition) is 2. The SMILES string of the molecule is C=CCc1c(O)ccc2nc(C3=NC(CC(=O)O)CS3)sc12. The van der Waals surface area contributed by atoms with Crippen LogP contribution in [0.15, 0.2) is 29.8 Å². The molecular weight excluding hydrogens is 320 g/mol. The third-order valence-corrected chi connectivity index (χ3v) is 5.68. The Morgan fingerprint density at radius 2 is 2.32 bits per heavy atom. The number of fused-ring (bicyclic) bond motifs is 1. The summed E-state index contributed by atoms with van der Waals surface area (Å²) in [4.78, 5) is 19.8. The number of carboxylic acid groups (broad SMARTS) is 1. The monoisotopic (exact) mass is 334 g/mol. The summed E-state index contributed by atoms with van der Waals surface area (Å²) in [6.07, 6.45) is 2.37. The number of thiazole rings is 1. The van der Waals surface area contributed by atoms with Crippen molar-refractivity contribution in [2.75, 3.05) is 5.75 Å². The van der Waals surface area contributed by atoms with Crippen molar-refractivity contribution in [1.82, 2.24) is 4.98 Å². The van der Waals surface area contributed by atoms with Gasteiger partial charge in [-0.15, -0.1) is 29.7 Å². The third kappa shape index (κ3) is 2.86. The van der Waals surface area contributed by atoms with E-state index >= 15 is 0 Å². The fraction of sp³-hybridized carbons (Fsp3) is 0.267. The van der Waals surface area contributed by atoms with E-state index in [-0.39, 0.29) is 18.2 Å². The average molecular weight is 334 g/mol. The molecule has 0 bridgehead atoms. The lowest BCUT2D eigenvalue weighted by Gasteiger charge is -2.01. The first-order chi connectivity index (χ1) is 10.6. The van der Waals surface area contributed by atoms with Crippen LogP contribution in [0.2, 0.25) is 0 Å². The molecule has 1 aromatic heterocycles. The van der Waals surface area contributed by atoms with Crippen molar-refractivity contribution in [1.29, 1.82) is 0 Å². The number of carbonyl (C=O) groups is 1. The minimum atomic E-state index is -0.835. The van der Waals surface area contributed by atoms with Gasteiger partial charge in [0.25, 0.3) is 0 Å². The molecule has 1 aliphatic heterocycles. The van der Waals surface area contributed by atoms with Gasteiger partial charge in [-0.2, -0.15) is 0 Å². The van der Waals surface area contributed by atoms with Crippen LogP contribution in [0.25, 0.3) is 10.2 Å². The molecule has 2 N–H and O–H groups in total. The Bertz CT molecular complexity index is 782. The van der Waals surface area contributed by atoms with Crippen molar-refractivity contribution in [2.45, 2.75) is 18.9 Å². The van der Waals surface area contributed by atoms with Crippen LogP contribution >= 0.6 is 23.1 Å². The van der Waals surface area contributed by atoms with Gasteiger partial charge in [-0.1, -0.05) is 6.08 Å². The van der Waals surface area contributed by atoms with E-state index in [1.165, 1.54) is 23.1 Å². The van der Waals surface area contributed by atoms with Crippen molar-refractivity contribution in [2.24, 2.45) is 4.99 Å². The lowest BCUT2D eigenvalue weighted by molar-refractivity contribution is -0.137. The molecule has 0 radical (unpaired) electrons. The van der Waals surface area contributed by atoms with Crippen molar-refractivity contribution in [3.8, 4) is 5.75 Å². The van der Waals surface area contributed by atoms with Crippen LogP contribution < -0.4 is 0 Å². The number of rotatable bonds is 5. The number of allylic oxidation sites excluding steroid dienone is 1. The zero-order valence-corrected chi connectivity index (χ0v) is 13.3. The molecular formula is C15H14N2O3S2. The molecule has 0 aliphatic carbocycles. The van der Waals surface area contributed by atoms with Crippen LogP contribution in [0.5, 0.6) is 5.75 Å². The molecule has 1 aromatic carbocycles. The molecule has 1 atom stereocenters. The zero-order chi connectivity index (χ0) is 15.7. The van der Waals surface area contributed by atoms with E-state index in [0.29, 0.717) is 12.2 Å². The molecule has 5 nitrogen and oxygen atoms in total. The minimum absolute atomic E-state index is 0.0455. The second-order valence-corrected chi connectivity index (χ2v) is 6.93. The van der Waals surface area contributed by atoms with E-state index in [9.17, 15) is 9.90 Å². The molecule has 1 aliphatic rings. The first-order valence-corrected chi connectivity index (χ1v) is 8.53. The van der Waals surface area contributed by atoms with Crippen LogP contribution in [-0.4, -0.2) is 38.0 Å². The van der Waals surface area contributed by atoms with Gasteiger partial charge in [-0.3, -0.25) is 9.79 Å². The van der Waals surface area contributed by atoms with E-state index in [1.807, 2.05) is 0 Å². The van der Waals surface area contributed by atoms with Gasteiger partial charge in [0, 0.05) is 11.3 Å². The molecule has 0 fully saturated rings. The van der Waals surface area contributed by atoms with Crippen LogP contribution in [-0.2, 0) is 11.2 Å². The van der Waals surface area contributed by atoms with Crippen LogP contribution in [0, 0.1) is 0 Å². The Morgan fingerprint density at radius 3 is 3.05 bits per heavy atom. The Hall–Kier alpha value is -1.86. The van der Waals surface area contributed by atoms with Gasteiger partial charge >= 0.3 is 5.97 Å². The first kappa shape index (κ1) is 15.1. The predicted molar refractivity (Wildman–Crippen MR) is 90.2 cm³/mol. The summed E-state index contributed by atoms with van der Waals surface area (Å²) in [5.74, 6) is 0.0768. The molecule has 1 unspecified atom stereocenters. The largest absolute Gasteiger partial charge is 0.508 e. The maximum absolute atomic E-state index is 10.8. The molecule has 0 amide bonds. The minimum Gasteiger partial charge on any atom is -0.508 e. The highest BCUT2D eigenvalue weighted by molar-refractivity contribution is 8.15. The number of aromatic nitrogens is 1. The Morgan fingerprint density at radius 1 is 1.50 bits per heavy atom. The second kappa shape index (κ2) is 6.10. The first-order valence-electron chi connectivity index (χ1n) is 6.73. The van der Waals surface area contributed by atoms with E-state index in [1.54, 1.807) is 18.2 Å². The normalized spacial score (nSPS) is 17.6. The number of thioether (sulfide) groups is 1. The average Bonchev–Trinajstić information content (AvgIpc) is 3.08. The fourth-order valence-corrected chi connectivity index (χ4v) is 4.55. The van der Waals surface area contributed by atoms with Crippen molar-refractivity contribution in [3.05, 3.63) is 35.4 Å². The lowest BCUT2D eigenvalue weighted by Crippen LogP contribution is -2.10. The Balaban J connectivity index is 1.97. The van der Waals surface area contributed by atoms with Gasteiger partial charge in [-0.25, -0.2) is 4.98 Å². The van der Waals surface area contributed by atoms with Gasteiger partial charge in [0.15, 0.2) is 0 Å². The van der Waals surface area contributed by atoms with E-state index in [2.05, 4.69) is 16.6 Å². The summed E-state index contributed by atoms with van der Waals surface area (Å²) in [5, 5.41) is 20.4. The molecule has 0 spiro atoms. The topological polar surface area (TPSA) is 82.8 Å². The molecule has 2 heterocycles. The van der Waals surface area contributed by atoms with Crippen LogP contribution in [0.1, 0.15) is 17.0 Å². The number of phenolic OH excluding ortho intramolecular Hbond substituents is 1. The number of aromatic hydroxyl groups is 1. The third-order valence-electron chi connectivity index (χ3n) is 3.29. The molecule has 7 heteroatoms. The van der Waals surface area contributed by atoms with Gasteiger partial charge in [-0.05, 0) is 18.6 Å². The second-order valence-electron chi connectivity index (χ2n) is 4.92. The zero-order valence-electron chi connectivity index (χ0n) is 11.7. The smallest absolute Gasteiger partial charge is 0.305 e. The van der Waals surface area contributed by atoms with E-state index in [0.717, 1.165) is 25.8 Å². The number of carboxylic acids is 1. The molecule has 22 heavy (non-hydrogen) atoms. The maximum Gasteiger partial charge on any atom is 0.305 e. The van der Waals surface area contributed by atoms with E-state index < -0.39 is 5.97 Å². The highest BCUT2D eigenvalue weighted by Crippen LogP contribution is 2.35. The number of hydrogen-bond acceptors (Lipinski definition) is 6. The highest BCUT2D eigenvalue weighted by Gasteiger charge is 2.24. The molecule has 0 saturated carbocycles. The Kier molecular flexibility index (Phi) is 4.17. The number of benzene rings is 1. The molecule has 0 saturated heterocycles. The van der Waals surface area contributed by atoms with Crippen molar-refractivity contribution < 1.29 is 15.0 Å². The quantitative estimate of drug-likeness (QED) is 0.821. The summed E-state index contributed by atoms with van der Waals surface area (Å²) in [7, 11) is 0. The summed E-state index contributed by atoms with van der Waals surface area (Å²) in [6, 6.07) is 3.23. The number of phenols is 1. The summed E-state index contributed by atoms with van der Waals surface area (Å²) >= 11 is 3.01. The van der Waals surface area contributed by atoms with Crippen LogP contribution in [0.4, 0.5) is 0 Å². The standard InChI is InChI=1S/C15H14N2O3S2/c1-2-3-9-11(18)5-4-10-13(9)22-15(17-10)14-16-8(7-21-14)6-12(19)20/h2,4-5,8,18H,1,3,6-7H2,(H,19,20). The van der Waals surface area contributed by atoms with Gasteiger partial charge in [0.05, 0.1) is 22.7 Å². The summed E-state index contributed by atoms with van der Waals surface area (Å²) in [5.41, 5.74) is 1.64. The molecule has 114 valence electrons. The van der Waals surface area contributed by atoms with Crippen molar-refractivity contribution >= 4 is 44.3 Å². The highest BCUT2D eigenvalue weighted by atomic mass is 32.2. The van der Waals surface area contributed by atoms with Gasteiger partial charge in [0.1, 0.15) is 15.8 Å².